The van der Waals surface area contributed by atoms with Crippen LogP contribution in [-0.2, 0) is 0 Å². The van der Waals surface area contributed by atoms with E-state index >= 15 is 0 Å². The monoisotopic (exact) mass is 239 g/mol. The van der Waals surface area contributed by atoms with Crippen LogP contribution >= 0.6 is 0 Å². The molecule has 0 amide bonds. The van der Waals surface area contributed by atoms with Crippen molar-refractivity contribution in [1.82, 2.24) is 4.98 Å². The lowest BCUT2D eigenvalue weighted by molar-refractivity contribution is 0.603. The van der Waals surface area contributed by atoms with E-state index in [4.69, 9.17) is 10.2 Å². The van der Waals surface area contributed by atoms with Gasteiger partial charge in [-0.2, -0.15) is 4.98 Å². The topological polar surface area (TPSA) is 55.3 Å². The van der Waals surface area contributed by atoms with Crippen LogP contribution in [0.3, 0.4) is 0 Å². The highest BCUT2D eigenvalue weighted by Gasteiger charge is 2.12. The second-order valence-electron chi connectivity index (χ2n) is 4.08. The third-order valence-corrected chi connectivity index (χ3v) is 2.87. The highest BCUT2D eigenvalue weighted by molar-refractivity contribution is 5.86. The van der Waals surface area contributed by atoms with Gasteiger partial charge in [-0.1, -0.05) is 24.3 Å². The van der Waals surface area contributed by atoms with Crippen molar-refractivity contribution in [3.63, 3.8) is 0 Å². The molecule has 0 saturated carbocycles. The van der Waals surface area contributed by atoms with Crippen LogP contribution in [-0.4, -0.2) is 12.0 Å². The number of oxazole rings is 1. The van der Waals surface area contributed by atoms with Crippen LogP contribution in [0.25, 0.3) is 11.1 Å². The van der Waals surface area contributed by atoms with Gasteiger partial charge in [0, 0.05) is 12.7 Å². The Hall–Kier alpha value is -2.49. The van der Waals surface area contributed by atoms with Crippen molar-refractivity contribution in [2.75, 3.05) is 17.7 Å². The fourth-order valence-electron chi connectivity index (χ4n) is 1.86. The van der Waals surface area contributed by atoms with Gasteiger partial charge in [0.15, 0.2) is 5.58 Å². The molecule has 2 aromatic carbocycles. The number of para-hydroxylation sites is 2. The molecule has 0 aliphatic rings. The highest BCUT2D eigenvalue weighted by atomic mass is 16.4. The first-order chi connectivity index (χ1) is 8.75. The number of hydrogen-bond acceptors (Lipinski definition) is 4. The molecule has 3 aromatic rings. The number of benzene rings is 2. The van der Waals surface area contributed by atoms with Crippen LogP contribution in [0.1, 0.15) is 0 Å². The minimum Gasteiger partial charge on any atom is -0.423 e. The molecule has 3 rings (SSSR count). The standard InChI is InChI=1S/C14H13N3O/c1-17(10-6-3-2-4-7-10)14-16-13-11(15)8-5-9-12(13)18-14/h2-9H,15H2,1H3. The van der Waals surface area contributed by atoms with Crippen molar-refractivity contribution >= 4 is 28.5 Å². The molecular formula is C14H13N3O. The summed E-state index contributed by atoms with van der Waals surface area (Å²) in [4.78, 5) is 6.31. The maximum atomic E-state index is 5.87. The molecule has 4 nitrogen and oxygen atoms in total. The van der Waals surface area contributed by atoms with Gasteiger partial charge in [0.1, 0.15) is 5.52 Å². The third kappa shape index (κ3) is 1.68. The molecule has 0 fully saturated rings. The summed E-state index contributed by atoms with van der Waals surface area (Å²) < 4.78 is 5.70. The highest BCUT2D eigenvalue weighted by Crippen LogP contribution is 2.28. The molecule has 0 radical (unpaired) electrons. The molecular weight excluding hydrogens is 226 g/mol. The normalized spacial score (nSPS) is 10.7. The van der Waals surface area contributed by atoms with E-state index in [1.54, 1.807) is 0 Å². The predicted octanol–water partition coefficient (Wildman–Crippen LogP) is 3.18. The van der Waals surface area contributed by atoms with Crippen molar-refractivity contribution in [3.05, 3.63) is 48.5 Å². The van der Waals surface area contributed by atoms with E-state index in [0.717, 1.165) is 5.69 Å². The van der Waals surface area contributed by atoms with E-state index in [1.807, 2.05) is 60.5 Å². The molecule has 0 spiro atoms. The van der Waals surface area contributed by atoms with E-state index in [2.05, 4.69) is 4.98 Å². The molecule has 18 heavy (non-hydrogen) atoms. The number of rotatable bonds is 2. The van der Waals surface area contributed by atoms with Gasteiger partial charge >= 0.3 is 6.01 Å². The molecule has 0 aliphatic carbocycles. The minimum absolute atomic E-state index is 0.536. The predicted molar refractivity (Wildman–Crippen MR) is 72.9 cm³/mol. The number of nitrogens with two attached hydrogens (primary N) is 1. The zero-order valence-corrected chi connectivity index (χ0v) is 10.00. The number of hydrogen-bond donors (Lipinski definition) is 1. The average Bonchev–Trinajstić information content (AvgIpc) is 2.84. The number of nitrogens with zero attached hydrogens (tertiary/aromatic N) is 2. The SMILES string of the molecule is CN(c1ccccc1)c1nc2c(N)cccc2o1. The number of anilines is 3. The molecule has 4 heteroatoms. The molecule has 90 valence electrons. The Bertz CT molecular complexity index is 676. The number of nitrogen functional groups attached to an aromatic ring is 1. The molecule has 1 heterocycles. The molecule has 2 N–H and O–H groups in total. The largest absolute Gasteiger partial charge is 0.423 e. The molecule has 0 aliphatic heterocycles. The van der Waals surface area contributed by atoms with Gasteiger partial charge in [-0.05, 0) is 24.3 Å². The first-order valence-corrected chi connectivity index (χ1v) is 5.69. The molecule has 0 saturated heterocycles. The number of aromatic nitrogens is 1. The zero-order chi connectivity index (χ0) is 12.5. The average molecular weight is 239 g/mol. The second-order valence-corrected chi connectivity index (χ2v) is 4.08. The Morgan fingerprint density at radius 3 is 2.56 bits per heavy atom. The maximum absolute atomic E-state index is 5.87. The van der Waals surface area contributed by atoms with Crippen molar-refractivity contribution in [2.45, 2.75) is 0 Å². The molecule has 0 atom stereocenters. The summed E-state index contributed by atoms with van der Waals surface area (Å²) in [6.07, 6.45) is 0. The second kappa shape index (κ2) is 4.07. The van der Waals surface area contributed by atoms with Gasteiger partial charge in [0.05, 0.1) is 5.69 Å². The summed E-state index contributed by atoms with van der Waals surface area (Å²) in [7, 11) is 1.91. The van der Waals surface area contributed by atoms with Gasteiger partial charge in [0.25, 0.3) is 0 Å². The van der Waals surface area contributed by atoms with Gasteiger partial charge in [0.2, 0.25) is 0 Å². The van der Waals surface area contributed by atoms with E-state index in [9.17, 15) is 0 Å². The van der Waals surface area contributed by atoms with Crippen LogP contribution < -0.4 is 10.6 Å². The van der Waals surface area contributed by atoms with E-state index < -0.39 is 0 Å². The van der Waals surface area contributed by atoms with Crippen molar-refractivity contribution in [3.8, 4) is 0 Å². The van der Waals surface area contributed by atoms with Crippen molar-refractivity contribution < 1.29 is 4.42 Å². The van der Waals surface area contributed by atoms with Crippen LogP contribution in [0.5, 0.6) is 0 Å². The fraction of sp³-hybridized carbons (Fsp3) is 0.0714. The van der Waals surface area contributed by atoms with Gasteiger partial charge in [-0.3, -0.25) is 4.90 Å². The summed E-state index contributed by atoms with van der Waals surface area (Å²) in [5.41, 5.74) is 8.92. The summed E-state index contributed by atoms with van der Waals surface area (Å²) in [6.45, 7) is 0. The Balaban J connectivity index is 2.07. The van der Waals surface area contributed by atoms with Gasteiger partial charge < -0.3 is 10.2 Å². The summed E-state index contributed by atoms with van der Waals surface area (Å²) in [5.74, 6) is 0. The Morgan fingerprint density at radius 2 is 1.83 bits per heavy atom. The smallest absolute Gasteiger partial charge is 0.302 e. The third-order valence-electron chi connectivity index (χ3n) is 2.87. The number of fused-ring (bicyclic) bond motifs is 1. The van der Waals surface area contributed by atoms with Crippen LogP contribution in [0.15, 0.2) is 52.9 Å². The van der Waals surface area contributed by atoms with Crippen LogP contribution in [0, 0.1) is 0 Å². The minimum atomic E-state index is 0.536. The molecule has 1 aromatic heterocycles. The van der Waals surface area contributed by atoms with Gasteiger partial charge in [-0.25, -0.2) is 0 Å². The lowest BCUT2D eigenvalue weighted by Crippen LogP contribution is -2.09. The Labute approximate surface area is 105 Å². The molecule has 0 bridgehead atoms. The van der Waals surface area contributed by atoms with Crippen molar-refractivity contribution in [2.24, 2.45) is 0 Å². The Morgan fingerprint density at radius 1 is 1.06 bits per heavy atom. The van der Waals surface area contributed by atoms with Crippen molar-refractivity contribution in [1.29, 1.82) is 0 Å². The zero-order valence-electron chi connectivity index (χ0n) is 10.00. The van der Waals surface area contributed by atoms with E-state index in [1.165, 1.54) is 0 Å². The van der Waals surface area contributed by atoms with E-state index in [0.29, 0.717) is 22.8 Å². The van der Waals surface area contributed by atoms with E-state index in [-0.39, 0.29) is 0 Å². The molecule has 0 unspecified atom stereocenters. The summed E-state index contributed by atoms with van der Waals surface area (Å²) in [5, 5.41) is 0. The summed E-state index contributed by atoms with van der Waals surface area (Å²) in [6, 6.07) is 16.0. The van der Waals surface area contributed by atoms with Gasteiger partial charge in [-0.15, -0.1) is 0 Å². The lowest BCUT2D eigenvalue weighted by Gasteiger charge is -2.13. The quantitative estimate of drug-likeness (QED) is 0.698. The summed E-state index contributed by atoms with van der Waals surface area (Å²) >= 11 is 0. The lowest BCUT2D eigenvalue weighted by atomic mass is 10.3. The van der Waals surface area contributed by atoms with Crippen LogP contribution in [0.4, 0.5) is 17.4 Å². The van der Waals surface area contributed by atoms with Crippen LogP contribution in [0.2, 0.25) is 0 Å². The first kappa shape index (κ1) is 10.7. The fourth-order valence-corrected chi connectivity index (χ4v) is 1.86. The maximum Gasteiger partial charge on any atom is 0.302 e. The first-order valence-electron chi connectivity index (χ1n) is 5.69. The Kier molecular flexibility index (Phi) is 2.41.